The van der Waals surface area contributed by atoms with Gasteiger partial charge in [0.05, 0.1) is 0 Å². The van der Waals surface area contributed by atoms with Crippen molar-refractivity contribution in [2.75, 3.05) is 13.1 Å². The summed E-state index contributed by atoms with van der Waals surface area (Å²) in [6.07, 6.45) is 3.84. The van der Waals surface area contributed by atoms with E-state index < -0.39 is 0 Å². The molecule has 2 atom stereocenters. The first-order valence-electron chi connectivity index (χ1n) is 7.48. The zero-order valence-electron chi connectivity index (χ0n) is 12.4. The van der Waals surface area contributed by atoms with Gasteiger partial charge >= 0.3 is 0 Å². The Bertz CT molecular complexity index is 415. The molecule has 2 heteroatoms. The summed E-state index contributed by atoms with van der Waals surface area (Å²) >= 11 is 6.42. The maximum atomic E-state index is 6.42. The van der Waals surface area contributed by atoms with E-state index in [9.17, 15) is 0 Å². The summed E-state index contributed by atoms with van der Waals surface area (Å²) in [6.45, 7) is 9.27. The molecule has 1 saturated heterocycles. The zero-order chi connectivity index (χ0) is 13.9. The lowest BCUT2D eigenvalue weighted by molar-refractivity contribution is 0.161. The van der Waals surface area contributed by atoms with E-state index in [1.807, 2.05) is 12.1 Å². The predicted octanol–water partition coefficient (Wildman–Crippen LogP) is 4.86. The highest BCUT2D eigenvalue weighted by Crippen LogP contribution is 2.46. The number of nitrogens with one attached hydrogen (secondary N) is 1. The van der Waals surface area contributed by atoms with Gasteiger partial charge in [0, 0.05) is 17.5 Å². The van der Waals surface area contributed by atoms with E-state index in [-0.39, 0.29) is 0 Å². The molecule has 1 N–H and O–H groups in total. The Labute approximate surface area is 122 Å². The van der Waals surface area contributed by atoms with Crippen LogP contribution in [0.5, 0.6) is 0 Å². The molecule has 19 heavy (non-hydrogen) atoms. The lowest BCUT2D eigenvalue weighted by atomic mass is 9.66. The highest BCUT2D eigenvalue weighted by molar-refractivity contribution is 6.31. The average Bonchev–Trinajstić information content (AvgIpc) is 2.38. The van der Waals surface area contributed by atoms with Crippen LogP contribution in [-0.2, 0) is 0 Å². The summed E-state index contributed by atoms with van der Waals surface area (Å²) in [7, 11) is 0. The van der Waals surface area contributed by atoms with Gasteiger partial charge in [-0.3, -0.25) is 0 Å². The minimum absolute atomic E-state index is 0.376. The summed E-state index contributed by atoms with van der Waals surface area (Å²) in [6, 6.07) is 8.36. The molecule has 1 aromatic carbocycles. The number of rotatable bonds is 4. The standard InChI is InChI=1S/C17H26ClN/c1-13(2)8-9-17(3)10-11-19-12-15(17)14-6-4-5-7-16(14)18/h4-7,13,15,19H,8-12H2,1-3H3. The van der Waals surface area contributed by atoms with Gasteiger partial charge in [0.15, 0.2) is 0 Å². The van der Waals surface area contributed by atoms with E-state index in [4.69, 9.17) is 11.6 Å². The Balaban J connectivity index is 2.22. The summed E-state index contributed by atoms with van der Waals surface area (Å²) in [4.78, 5) is 0. The van der Waals surface area contributed by atoms with E-state index in [1.54, 1.807) is 0 Å². The highest BCUT2D eigenvalue weighted by atomic mass is 35.5. The average molecular weight is 280 g/mol. The Morgan fingerprint density at radius 2 is 2.11 bits per heavy atom. The third-order valence-corrected chi connectivity index (χ3v) is 4.98. The Morgan fingerprint density at radius 3 is 2.79 bits per heavy atom. The molecule has 1 aliphatic heterocycles. The van der Waals surface area contributed by atoms with E-state index in [0.717, 1.165) is 24.0 Å². The molecule has 106 valence electrons. The molecule has 1 aliphatic rings. The fourth-order valence-corrected chi connectivity index (χ4v) is 3.47. The molecular formula is C17H26ClN. The number of piperidine rings is 1. The van der Waals surface area contributed by atoms with Crippen LogP contribution in [0, 0.1) is 11.3 Å². The van der Waals surface area contributed by atoms with Gasteiger partial charge in [-0.25, -0.2) is 0 Å². The van der Waals surface area contributed by atoms with Crippen LogP contribution in [0.4, 0.5) is 0 Å². The summed E-state index contributed by atoms with van der Waals surface area (Å²) in [5.41, 5.74) is 1.70. The lowest BCUT2D eigenvalue weighted by Gasteiger charge is -2.43. The zero-order valence-corrected chi connectivity index (χ0v) is 13.1. The minimum Gasteiger partial charge on any atom is -0.316 e. The van der Waals surface area contributed by atoms with E-state index in [1.165, 1.54) is 24.8 Å². The molecule has 2 rings (SSSR count). The summed E-state index contributed by atoms with van der Waals surface area (Å²) in [5, 5.41) is 4.47. The van der Waals surface area contributed by atoms with E-state index in [0.29, 0.717) is 11.3 Å². The quantitative estimate of drug-likeness (QED) is 0.830. The van der Waals surface area contributed by atoms with E-state index >= 15 is 0 Å². The molecule has 0 spiro atoms. The lowest BCUT2D eigenvalue weighted by Crippen LogP contribution is -2.42. The number of hydrogen-bond donors (Lipinski definition) is 1. The van der Waals surface area contributed by atoms with Gasteiger partial charge in [0.1, 0.15) is 0 Å². The maximum Gasteiger partial charge on any atom is 0.0441 e. The first-order valence-corrected chi connectivity index (χ1v) is 7.86. The maximum absolute atomic E-state index is 6.42. The van der Waals surface area contributed by atoms with Gasteiger partial charge in [-0.15, -0.1) is 0 Å². The van der Waals surface area contributed by atoms with Gasteiger partial charge in [-0.05, 0) is 42.3 Å². The van der Waals surface area contributed by atoms with Crippen LogP contribution < -0.4 is 5.32 Å². The highest BCUT2D eigenvalue weighted by Gasteiger charge is 2.37. The molecular weight excluding hydrogens is 254 g/mol. The van der Waals surface area contributed by atoms with Crippen LogP contribution in [0.2, 0.25) is 5.02 Å². The first-order chi connectivity index (χ1) is 9.03. The van der Waals surface area contributed by atoms with Gasteiger partial charge in [0.2, 0.25) is 0 Å². The molecule has 1 nitrogen and oxygen atoms in total. The molecule has 0 aliphatic carbocycles. The Morgan fingerprint density at radius 1 is 1.37 bits per heavy atom. The molecule has 1 heterocycles. The van der Waals surface area contributed by atoms with Crippen molar-refractivity contribution in [3.05, 3.63) is 34.9 Å². The molecule has 0 bridgehead atoms. The number of halogens is 1. The van der Waals surface area contributed by atoms with Crippen molar-refractivity contribution in [2.45, 2.75) is 46.0 Å². The number of hydrogen-bond acceptors (Lipinski definition) is 1. The third kappa shape index (κ3) is 3.52. The Kier molecular flexibility index (Phi) is 4.92. The van der Waals surface area contributed by atoms with Gasteiger partial charge in [0.25, 0.3) is 0 Å². The van der Waals surface area contributed by atoms with Crippen molar-refractivity contribution in [1.82, 2.24) is 5.32 Å². The summed E-state index contributed by atoms with van der Waals surface area (Å²) in [5.74, 6) is 1.31. The molecule has 0 aromatic heterocycles. The van der Waals surface area contributed by atoms with Crippen molar-refractivity contribution >= 4 is 11.6 Å². The Hall–Kier alpha value is -0.530. The van der Waals surface area contributed by atoms with Crippen LogP contribution in [0.15, 0.2) is 24.3 Å². The van der Waals surface area contributed by atoms with Crippen LogP contribution in [0.3, 0.4) is 0 Å². The van der Waals surface area contributed by atoms with Crippen LogP contribution in [-0.4, -0.2) is 13.1 Å². The monoisotopic (exact) mass is 279 g/mol. The van der Waals surface area contributed by atoms with Crippen LogP contribution >= 0.6 is 11.6 Å². The van der Waals surface area contributed by atoms with Gasteiger partial charge in [-0.1, -0.05) is 57.0 Å². The largest absolute Gasteiger partial charge is 0.316 e. The van der Waals surface area contributed by atoms with E-state index in [2.05, 4.69) is 38.2 Å². The van der Waals surface area contributed by atoms with Crippen molar-refractivity contribution in [3.8, 4) is 0 Å². The molecule has 2 unspecified atom stereocenters. The van der Waals surface area contributed by atoms with Crippen molar-refractivity contribution in [1.29, 1.82) is 0 Å². The molecule has 0 amide bonds. The van der Waals surface area contributed by atoms with Crippen molar-refractivity contribution in [2.24, 2.45) is 11.3 Å². The van der Waals surface area contributed by atoms with Crippen molar-refractivity contribution in [3.63, 3.8) is 0 Å². The fraction of sp³-hybridized carbons (Fsp3) is 0.647. The topological polar surface area (TPSA) is 12.0 Å². The minimum atomic E-state index is 0.376. The summed E-state index contributed by atoms with van der Waals surface area (Å²) < 4.78 is 0. The second kappa shape index (κ2) is 6.28. The van der Waals surface area contributed by atoms with Gasteiger partial charge < -0.3 is 5.32 Å². The first kappa shape index (κ1) is 14.9. The molecule has 1 aromatic rings. The second-order valence-electron chi connectivity index (χ2n) is 6.61. The smallest absolute Gasteiger partial charge is 0.0441 e. The van der Waals surface area contributed by atoms with Gasteiger partial charge in [-0.2, -0.15) is 0 Å². The fourth-order valence-electron chi connectivity index (χ4n) is 3.20. The normalized spacial score (nSPS) is 27.7. The number of benzene rings is 1. The molecule has 0 radical (unpaired) electrons. The SMILES string of the molecule is CC(C)CCC1(C)CCNCC1c1ccccc1Cl. The van der Waals surface area contributed by atoms with Crippen molar-refractivity contribution < 1.29 is 0 Å². The van der Waals surface area contributed by atoms with Crippen LogP contribution in [0.1, 0.15) is 51.5 Å². The van der Waals surface area contributed by atoms with Crippen LogP contribution in [0.25, 0.3) is 0 Å². The molecule has 0 saturated carbocycles. The molecule has 1 fully saturated rings. The second-order valence-corrected chi connectivity index (χ2v) is 7.02. The third-order valence-electron chi connectivity index (χ3n) is 4.64. The predicted molar refractivity (Wildman–Crippen MR) is 83.9 cm³/mol.